The topological polar surface area (TPSA) is 29.3 Å². The molecule has 2 aliphatic rings. The van der Waals surface area contributed by atoms with Crippen LogP contribution >= 0.6 is 0 Å². The number of rotatable bonds is 1. The lowest BCUT2D eigenvalue weighted by molar-refractivity contribution is 0.554. The van der Waals surface area contributed by atoms with E-state index in [2.05, 4.69) is 30.0 Å². The van der Waals surface area contributed by atoms with Gasteiger partial charge in [0, 0.05) is 12.6 Å². The third-order valence-corrected chi connectivity index (χ3v) is 4.02. The van der Waals surface area contributed by atoms with Gasteiger partial charge in [-0.25, -0.2) is 0 Å². The summed E-state index contributed by atoms with van der Waals surface area (Å²) in [5, 5.41) is 0. The summed E-state index contributed by atoms with van der Waals surface area (Å²) < 4.78 is 0. The van der Waals surface area contributed by atoms with Crippen LogP contribution in [0.25, 0.3) is 0 Å². The van der Waals surface area contributed by atoms with E-state index in [9.17, 15) is 0 Å². The van der Waals surface area contributed by atoms with Gasteiger partial charge in [0.2, 0.25) is 0 Å². The molecule has 0 aromatic heterocycles. The fraction of sp³-hybridized carbons (Fsp3) is 0.538. The molecule has 2 N–H and O–H groups in total. The summed E-state index contributed by atoms with van der Waals surface area (Å²) in [5.74, 6) is 0.926. The number of nitrogens with two attached hydrogens (primary N) is 1. The van der Waals surface area contributed by atoms with Crippen molar-refractivity contribution < 1.29 is 0 Å². The molecular formula is C13H18N2. The zero-order valence-corrected chi connectivity index (χ0v) is 9.24. The van der Waals surface area contributed by atoms with Crippen LogP contribution < -0.4 is 10.6 Å². The number of para-hydroxylation sites is 1. The summed E-state index contributed by atoms with van der Waals surface area (Å²) in [7, 11) is 0. The summed E-state index contributed by atoms with van der Waals surface area (Å²) >= 11 is 0. The van der Waals surface area contributed by atoms with Crippen molar-refractivity contribution in [1.82, 2.24) is 0 Å². The van der Waals surface area contributed by atoms with Crippen molar-refractivity contribution in [2.24, 2.45) is 5.92 Å². The smallest absolute Gasteiger partial charge is 0.0605 e. The van der Waals surface area contributed by atoms with E-state index in [-0.39, 0.29) is 0 Å². The standard InChI is InChI=1S/C13H18N2/c1-9-3-2-4-12(13(9)14)15-8-10-5-6-11(15)7-10/h2-4,10-11H,5-8,14H2,1H3. The van der Waals surface area contributed by atoms with Gasteiger partial charge < -0.3 is 10.6 Å². The van der Waals surface area contributed by atoms with Gasteiger partial charge in [0.1, 0.15) is 0 Å². The molecule has 1 aliphatic carbocycles. The molecule has 1 saturated heterocycles. The number of fused-ring (bicyclic) bond motifs is 2. The molecule has 2 fully saturated rings. The van der Waals surface area contributed by atoms with E-state index in [0.29, 0.717) is 0 Å². The second kappa shape index (κ2) is 3.16. The van der Waals surface area contributed by atoms with E-state index in [1.165, 1.54) is 37.1 Å². The Balaban J connectivity index is 1.96. The highest BCUT2D eigenvalue weighted by atomic mass is 15.2. The Kier molecular flexibility index (Phi) is 1.91. The zero-order valence-electron chi connectivity index (χ0n) is 9.24. The van der Waals surface area contributed by atoms with E-state index >= 15 is 0 Å². The van der Waals surface area contributed by atoms with Crippen LogP contribution in [0.1, 0.15) is 24.8 Å². The number of benzene rings is 1. The minimum atomic E-state index is 0.763. The van der Waals surface area contributed by atoms with Crippen LogP contribution in [0, 0.1) is 12.8 Å². The van der Waals surface area contributed by atoms with Gasteiger partial charge in [-0.2, -0.15) is 0 Å². The van der Waals surface area contributed by atoms with Gasteiger partial charge in [0.05, 0.1) is 11.4 Å². The Bertz CT molecular complexity index is 386. The van der Waals surface area contributed by atoms with Gasteiger partial charge in [-0.1, -0.05) is 12.1 Å². The number of anilines is 2. The molecule has 2 nitrogen and oxygen atoms in total. The van der Waals surface area contributed by atoms with Crippen molar-refractivity contribution in [1.29, 1.82) is 0 Å². The van der Waals surface area contributed by atoms with E-state index in [0.717, 1.165) is 17.6 Å². The van der Waals surface area contributed by atoms with Crippen LogP contribution in [0.3, 0.4) is 0 Å². The van der Waals surface area contributed by atoms with Gasteiger partial charge in [-0.3, -0.25) is 0 Å². The molecule has 0 spiro atoms. The number of nitrogen functional groups attached to an aromatic ring is 1. The first-order chi connectivity index (χ1) is 7.25. The van der Waals surface area contributed by atoms with Crippen molar-refractivity contribution in [2.75, 3.05) is 17.2 Å². The highest BCUT2D eigenvalue weighted by molar-refractivity contribution is 5.71. The van der Waals surface area contributed by atoms with Crippen LogP contribution in [0.4, 0.5) is 11.4 Å². The Morgan fingerprint density at radius 2 is 2.20 bits per heavy atom. The monoisotopic (exact) mass is 202 g/mol. The maximum atomic E-state index is 6.15. The Morgan fingerprint density at radius 3 is 2.87 bits per heavy atom. The van der Waals surface area contributed by atoms with Gasteiger partial charge in [-0.05, 0) is 43.7 Å². The number of hydrogen-bond donors (Lipinski definition) is 1. The fourth-order valence-corrected chi connectivity index (χ4v) is 3.14. The second-order valence-electron chi connectivity index (χ2n) is 4.99. The van der Waals surface area contributed by atoms with Crippen LogP contribution in [-0.4, -0.2) is 12.6 Å². The number of nitrogens with zero attached hydrogens (tertiary/aromatic N) is 1. The first-order valence-corrected chi connectivity index (χ1v) is 5.87. The summed E-state index contributed by atoms with van der Waals surface area (Å²) in [4.78, 5) is 2.52. The lowest BCUT2D eigenvalue weighted by Crippen LogP contribution is -2.32. The number of aryl methyl sites for hydroxylation is 1. The van der Waals surface area contributed by atoms with Crippen molar-refractivity contribution >= 4 is 11.4 Å². The summed E-state index contributed by atoms with van der Waals surface area (Å²) in [5.41, 5.74) is 9.60. The molecule has 3 rings (SSSR count). The highest BCUT2D eigenvalue weighted by Gasteiger charge is 2.38. The molecule has 1 saturated carbocycles. The molecule has 1 aromatic carbocycles. The second-order valence-corrected chi connectivity index (χ2v) is 4.99. The Hall–Kier alpha value is -1.18. The molecule has 0 radical (unpaired) electrons. The summed E-state index contributed by atoms with van der Waals surface area (Å²) in [6.07, 6.45) is 4.16. The lowest BCUT2D eigenvalue weighted by atomic mass is 10.1. The Labute approximate surface area is 91.1 Å². The average Bonchev–Trinajstić information content (AvgIpc) is 2.83. The third kappa shape index (κ3) is 1.31. The van der Waals surface area contributed by atoms with Crippen LogP contribution in [-0.2, 0) is 0 Å². The molecule has 0 amide bonds. The fourth-order valence-electron chi connectivity index (χ4n) is 3.14. The average molecular weight is 202 g/mol. The normalized spacial score (nSPS) is 28.7. The lowest BCUT2D eigenvalue weighted by Gasteiger charge is -2.30. The molecule has 1 heterocycles. The third-order valence-electron chi connectivity index (χ3n) is 4.02. The molecule has 1 aromatic rings. The quantitative estimate of drug-likeness (QED) is 0.709. The van der Waals surface area contributed by atoms with Gasteiger partial charge >= 0.3 is 0 Å². The van der Waals surface area contributed by atoms with E-state index in [4.69, 9.17) is 5.73 Å². The summed E-state index contributed by atoms with van der Waals surface area (Å²) in [6.45, 7) is 3.31. The van der Waals surface area contributed by atoms with Crippen LogP contribution in [0.15, 0.2) is 18.2 Å². The molecule has 2 atom stereocenters. The maximum Gasteiger partial charge on any atom is 0.0605 e. The molecule has 2 heteroatoms. The van der Waals surface area contributed by atoms with Gasteiger partial charge in [-0.15, -0.1) is 0 Å². The minimum Gasteiger partial charge on any atom is -0.397 e. The maximum absolute atomic E-state index is 6.15. The molecule has 2 bridgehead atoms. The predicted molar refractivity (Wildman–Crippen MR) is 64.1 cm³/mol. The van der Waals surface area contributed by atoms with Crippen molar-refractivity contribution in [3.05, 3.63) is 23.8 Å². The summed E-state index contributed by atoms with van der Waals surface area (Å²) in [6, 6.07) is 7.14. The predicted octanol–water partition coefficient (Wildman–Crippen LogP) is 2.57. The first-order valence-electron chi connectivity index (χ1n) is 5.87. The van der Waals surface area contributed by atoms with Crippen LogP contribution in [0.5, 0.6) is 0 Å². The number of piperidine rings is 1. The van der Waals surface area contributed by atoms with Gasteiger partial charge in [0.15, 0.2) is 0 Å². The number of hydrogen-bond acceptors (Lipinski definition) is 2. The molecule has 80 valence electrons. The van der Waals surface area contributed by atoms with Crippen molar-refractivity contribution in [3.63, 3.8) is 0 Å². The molecule has 1 aliphatic heterocycles. The van der Waals surface area contributed by atoms with Gasteiger partial charge in [0.25, 0.3) is 0 Å². The molecule has 15 heavy (non-hydrogen) atoms. The van der Waals surface area contributed by atoms with Crippen molar-refractivity contribution in [3.8, 4) is 0 Å². The SMILES string of the molecule is Cc1cccc(N2CC3CCC2C3)c1N. The highest BCUT2D eigenvalue weighted by Crippen LogP contribution is 2.42. The largest absolute Gasteiger partial charge is 0.397 e. The minimum absolute atomic E-state index is 0.763. The first kappa shape index (κ1) is 9.08. The zero-order chi connectivity index (χ0) is 10.4. The van der Waals surface area contributed by atoms with Crippen LogP contribution in [0.2, 0.25) is 0 Å². The molecule has 2 unspecified atom stereocenters. The van der Waals surface area contributed by atoms with E-state index in [1.54, 1.807) is 0 Å². The van der Waals surface area contributed by atoms with E-state index in [1.807, 2.05) is 0 Å². The Morgan fingerprint density at radius 1 is 1.33 bits per heavy atom. The van der Waals surface area contributed by atoms with Crippen molar-refractivity contribution in [2.45, 2.75) is 32.2 Å². The van der Waals surface area contributed by atoms with E-state index < -0.39 is 0 Å². The molecular weight excluding hydrogens is 184 g/mol.